The van der Waals surface area contributed by atoms with Crippen LogP contribution in [0.4, 0.5) is 0 Å². The largest absolute Gasteiger partial charge is 0.493 e. The Bertz CT molecular complexity index is 561. The highest BCUT2D eigenvalue weighted by atomic mass is 16.5. The molecule has 0 aromatic heterocycles. The number of fused-ring (bicyclic) bond motifs is 3. The van der Waals surface area contributed by atoms with Crippen molar-refractivity contribution >= 4 is 5.78 Å². The Labute approximate surface area is 105 Å². The van der Waals surface area contributed by atoms with Crippen LogP contribution in [0.25, 0.3) is 0 Å². The second kappa shape index (κ2) is 3.74. The molecule has 0 amide bonds. The highest BCUT2D eigenvalue weighted by Crippen LogP contribution is 2.52. The first-order valence-corrected chi connectivity index (χ1v) is 5.98. The zero-order valence-corrected chi connectivity index (χ0v) is 10.1. The van der Waals surface area contributed by atoms with E-state index in [1.807, 2.05) is 18.2 Å². The van der Waals surface area contributed by atoms with Gasteiger partial charge in [-0.25, -0.2) is 0 Å². The molecule has 0 bridgehead atoms. The molecule has 0 saturated heterocycles. The van der Waals surface area contributed by atoms with Gasteiger partial charge >= 0.3 is 0 Å². The lowest BCUT2D eigenvalue weighted by atomic mass is 9.69. The van der Waals surface area contributed by atoms with Crippen LogP contribution < -0.4 is 9.47 Å². The van der Waals surface area contributed by atoms with Gasteiger partial charge in [0.25, 0.3) is 0 Å². The SMILES string of the molecule is COc1cccc2c1OC1CC(=O)CC[C@@]21C#N. The molecular weight excluding hydrogens is 230 g/mol. The van der Waals surface area contributed by atoms with E-state index in [0.717, 1.165) is 5.56 Å². The maximum atomic E-state index is 11.5. The van der Waals surface area contributed by atoms with Gasteiger partial charge in [-0.1, -0.05) is 12.1 Å². The summed E-state index contributed by atoms with van der Waals surface area (Å²) in [5.74, 6) is 1.42. The number of rotatable bonds is 1. The van der Waals surface area contributed by atoms with Crippen LogP contribution in [-0.4, -0.2) is 19.0 Å². The fourth-order valence-electron chi connectivity index (χ4n) is 2.91. The van der Waals surface area contributed by atoms with Gasteiger partial charge in [0.15, 0.2) is 11.5 Å². The summed E-state index contributed by atoms with van der Waals surface area (Å²) >= 11 is 0. The number of hydrogen-bond donors (Lipinski definition) is 0. The molecular formula is C14H13NO3. The number of nitriles is 1. The van der Waals surface area contributed by atoms with E-state index in [1.54, 1.807) is 7.11 Å². The molecule has 2 aliphatic rings. The molecule has 2 atom stereocenters. The molecule has 1 unspecified atom stereocenters. The average molecular weight is 243 g/mol. The zero-order valence-electron chi connectivity index (χ0n) is 10.1. The zero-order chi connectivity index (χ0) is 12.8. The fraction of sp³-hybridized carbons (Fsp3) is 0.429. The topological polar surface area (TPSA) is 59.3 Å². The Hall–Kier alpha value is -2.02. The number of para-hydroxylation sites is 1. The molecule has 3 rings (SSSR count). The van der Waals surface area contributed by atoms with E-state index in [1.165, 1.54) is 0 Å². The summed E-state index contributed by atoms with van der Waals surface area (Å²) in [7, 11) is 1.57. The Morgan fingerprint density at radius 2 is 2.39 bits per heavy atom. The Morgan fingerprint density at radius 1 is 1.56 bits per heavy atom. The lowest BCUT2D eigenvalue weighted by Gasteiger charge is -2.30. The van der Waals surface area contributed by atoms with Crippen LogP contribution in [0.3, 0.4) is 0 Å². The maximum absolute atomic E-state index is 11.5. The van der Waals surface area contributed by atoms with Crippen molar-refractivity contribution in [2.45, 2.75) is 30.8 Å². The highest BCUT2D eigenvalue weighted by molar-refractivity contribution is 5.81. The summed E-state index contributed by atoms with van der Waals surface area (Å²) in [4.78, 5) is 11.5. The van der Waals surface area contributed by atoms with Gasteiger partial charge in [0.1, 0.15) is 17.3 Å². The third kappa shape index (κ3) is 1.28. The Balaban J connectivity index is 2.15. The molecule has 1 heterocycles. The number of ketones is 1. The van der Waals surface area contributed by atoms with Crippen molar-refractivity contribution in [3.05, 3.63) is 23.8 Å². The number of ether oxygens (including phenoxy) is 2. The first-order valence-electron chi connectivity index (χ1n) is 5.98. The molecule has 1 saturated carbocycles. The second-order valence-corrected chi connectivity index (χ2v) is 4.77. The van der Waals surface area contributed by atoms with E-state index in [9.17, 15) is 10.1 Å². The summed E-state index contributed by atoms with van der Waals surface area (Å²) in [6.07, 6.45) is 0.929. The van der Waals surface area contributed by atoms with E-state index < -0.39 is 5.41 Å². The molecule has 92 valence electrons. The number of nitrogens with zero attached hydrogens (tertiary/aromatic N) is 1. The van der Waals surface area contributed by atoms with Gasteiger partial charge < -0.3 is 9.47 Å². The van der Waals surface area contributed by atoms with Gasteiger partial charge in [-0.15, -0.1) is 0 Å². The van der Waals surface area contributed by atoms with E-state index in [4.69, 9.17) is 9.47 Å². The molecule has 1 aliphatic heterocycles. The van der Waals surface area contributed by atoms with Crippen LogP contribution in [0.15, 0.2) is 18.2 Å². The molecule has 4 heteroatoms. The van der Waals surface area contributed by atoms with E-state index in [0.29, 0.717) is 30.8 Å². The number of hydrogen-bond acceptors (Lipinski definition) is 4. The summed E-state index contributed by atoms with van der Waals surface area (Å²) in [6, 6.07) is 7.94. The minimum Gasteiger partial charge on any atom is -0.493 e. The second-order valence-electron chi connectivity index (χ2n) is 4.77. The van der Waals surface area contributed by atoms with E-state index >= 15 is 0 Å². The summed E-state index contributed by atoms with van der Waals surface area (Å²) in [6.45, 7) is 0. The monoisotopic (exact) mass is 243 g/mol. The number of carbonyl (C=O) groups excluding carboxylic acids is 1. The maximum Gasteiger partial charge on any atom is 0.166 e. The third-order valence-electron chi connectivity index (χ3n) is 3.90. The van der Waals surface area contributed by atoms with Crippen molar-refractivity contribution < 1.29 is 14.3 Å². The van der Waals surface area contributed by atoms with Crippen LogP contribution in [0, 0.1) is 11.3 Å². The smallest absolute Gasteiger partial charge is 0.166 e. The summed E-state index contributed by atoms with van der Waals surface area (Å²) in [5.41, 5.74) is 0.180. The minimum absolute atomic E-state index is 0.164. The molecule has 18 heavy (non-hydrogen) atoms. The van der Waals surface area contributed by atoms with Crippen LogP contribution >= 0.6 is 0 Å². The molecule has 1 aliphatic carbocycles. The van der Waals surface area contributed by atoms with Gasteiger partial charge in [-0.05, 0) is 12.5 Å². The molecule has 0 radical (unpaired) electrons. The Kier molecular flexibility index (Phi) is 2.30. The van der Waals surface area contributed by atoms with Crippen molar-refractivity contribution in [1.29, 1.82) is 5.26 Å². The van der Waals surface area contributed by atoms with Crippen molar-refractivity contribution in [2.75, 3.05) is 7.11 Å². The van der Waals surface area contributed by atoms with Crippen molar-refractivity contribution in [3.8, 4) is 17.6 Å². The van der Waals surface area contributed by atoms with Crippen molar-refractivity contribution in [2.24, 2.45) is 0 Å². The van der Waals surface area contributed by atoms with Crippen LogP contribution in [-0.2, 0) is 10.2 Å². The molecule has 1 fully saturated rings. The highest BCUT2D eigenvalue weighted by Gasteiger charge is 2.53. The number of carbonyl (C=O) groups is 1. The molecule has 0 spiro atoms. The number of methoxy groups -OCH3 is 1. The predicted octanol–water partition coefficient (Wildman–Crippen LogP) is 1.97. The van der Waals surface area contributed by atoms with Crippen LogP contribution in [0.1, 0.15) is 24.8 Å². The Morgan fingerprint density at radius 3 is 3.11 bits per heavy atom. The van der Waals surface area contributed by atoms with Crippen LogP contribution in [0.5, 0.6) is 11.5 Å². The van der Waals surface area contributed by atoms with E-state index in [-0.39, 0.29) is 11.9 Å². The van der Waals surface area contributed by atoms with Gasteiger partial charge in [0.2, 0.25) is 0 Å². The molecule has 1 aromatic rings. The molecule has 0 N–H and O–H groups in total. The first kappa shape index (κ1) is 11.1. The lowest BCUT2D eigenvalue weighted by molar-refractivity contribution is -0.123. The third-order valence-corrected chi connectivity index (χ3v) is 3.90. The summed E-state index contributed by atoms with van der Waals surface area (Å²) in [5, 5.41) is 9.57. The van der Waals surface area contributed by atoms with Gasteiger partial charge in [0, 0.05) is 18.4 Å². The molecule has 4 nitrogen and oxygen atoms in total. The first-order chi connectivity index (χ1) is 8.71. The standard InChI is InChI=1S/C14H13NO3/c1-17-11-4-2-3-10-13(11)18-12-7-9(16)5-6-14(10,12)8-15/h2-4,12H,5-7H2,1H3/t12?,14-/m1/s1. The predicted molar refractivity (Wildman–Crippen MR) is 63.6 cm³/mol. The lowest BCUT2D eigenvalue weighted by Crippen LogP contribution is -2.42. The quantitative estimate of drug-likeness (QED) is 0.756. The minimum atomic E-state index is -0.683. The van der Waals surface area contributed by atoms with Crippen molar-refractivity contribution in [1.82, 2.24) is 0 Å². The van der Waals surface area contributed by atoms with Gasteiger partial charge in [0.05, 0.1) is 13.2 Å². The molecule has 1 aromatic carbocycles. The number of benzene rings is 1. The normalized spacial score (nSPS) is 28.9. The van der Waals surface area contributed by atoms with Gasteiger partial charge in [-0.2, -0.15) is 5.26 Å². The average Bonchev–Trinajstić information content (AvgIpc) is 2.72. The van der Waals surface area contributed by atoms with E-state index in [2.05, 4.69) is 6.07 Å². The summed E-state index contributed by atoms with van der Waals surface area (Å²) < 4.78 is 11.1. The number of Topliss-reactive ketones (excluding diaryl/α,β-unsaturated/α-hetero) is 1. The van der Waals surface area contributed by atoms with Crippen LogP contribution in [0.2, 0.25) is 0 Å². The fourth-order valence-corrected chi connectivity index (χ4v) is 2.91. The van der Waals surface area contributed by atoms with Crippen molar-refractivity contribution in [3.63, 3.8) is 0 Å². The van der Waals surface area contributed by atoms with Gasteiger partial charge in [-0.3, -0.25) is 4.79 Å².